The lowest BCUT2D eigenvalue weighted by atomic mass is 9.82. The van der Waals surface area contributed by atoms with Crippen molar-refractivity contribution in [1.82, 2.24) is 25.3 Å². The highest BCUT2D eigenvalue weighted by Gasteiger charge is 2.48. The summed E-state index contributed by atoms with van der Waals surface area (Å²) in [6.45, 7) is 5.80. The minimum atomic E-state index is -1.17. The predicted molar refractivity (Wildman–Crippen MR) is 155 cm³/mol. The summed E-state index contributed by atoms with van der Waals surface area (Å²) in [5, 5.41) is 20.9. The topological polar surface area (TPSA) is 119 Å². The van der Waals surface area contributed by atoms with E-state index < -0.39 is 29.6 Å². The highest BCUT2D eigenvalue weighted by atomic mass is 16.4. The van der Waals surface area contributed by atoms with E-state index in [2.05, 4.69) is 15.5 Å². The Hall–Kier alpha value is -4.14. The molecular formula is C32H39N5O4. The van der Waals surface area contributed by atoms with E-state index in [1.54, 1.807) is 25.7 Å². The number of carboxylic acid groups (broad SMARTS) is 1. The van der Waals surface area contributed by atoms with Gasteiger partial charge >= 0.3 is 6.09 Å². The maximum Gasteiger partial charge on any atom is 0.408 e. The van der Waals surface area contributed by atoms with Crippen molar-refractivity contribution in [3.63, 3.8) is 0 Å². The molecule has 5 rings (SSSR count). The first-order chi connectivity index (χ1) is 19.6. The second-order valence-corrected chi connectivity index (χ2v) is 12.1. The van der Waals surface area contributed by atoms with E-state index in [0.717, 1.165) is 35.2 Å². The van der Waals surface area contributed by atoms with Gasteiger partial charge in [-0.05, 0) is 69.6 Å². The first-order valence-corrected chi connectivity index (χ1v) is 14.4. The number of nitrogens with zero attached hydrogens (tertiary/aromatic N) is 3. The molecule has 0 spiro atoms. The Balaban J connectivity index is 1.49. The van der Waals surface area contributed by atoms with Gasteiger partial charge in [0.25, 0.3) is 0 Å². The molecule has 2 aliphatic rings. The summed E-state index contributed by atoms with van der Waals surface area (Å²) in [7, 11) is 0. The number of aryl methyl sites for hydroxylation is 1. The number of aromatic amines is 1. The van der Waals surface area contributed by atoms with Crippen LogP contribution in [0.4, 0.5) is 4.79 Å². The normalized spacial score (nSPS) is 19.5. The molecule has 0 saturated carbocycles. The van der Waals surface area contributed by atoms with Crippen molar-refractivity contribution in [2.24, 2.45) is 0 Å². The van der Waals surface area contributed by atoms with Crippen molar-refractivity contribution >= 4 is 17.9 Å². The molecule has 0 radical (unpaired) electrons. The molecule has 1 aliphatic carbocycles. The molecule has 1 unspecified atom stereocenters. The fourth-order valence-electron chi connectivity index (χ4n) is 6.41. The van der Waals surface area contributed by atoms with Crippen LogP contribution in [-0.2, 0) is 22.4 Å². The monoisotopic (exact) mass is 557 g/mol. The van der Waals surface area contributed by atoms with Crippen LogP contribution in [-0.4, -0.2) is 73.2 Å². The maximum absolute atomic E-state index is 14.7. The van der Waals surface area contributed by atoms with Crippen molar-refractivity contribution in [2.75, 3.05) is 6.54 Å². The number of carbonyl (C=O) groups is 3. The second-order valence-electron chi connectivity index (χ2n) is 12.1. The van der Waals surface area contributed by atoms with Crippen molar-refractivity contribution in [2.45, 2.75) is 82.5 Å². The zero-order valence-corrected chi connectivity index (χ0v) is 23.9. The lowest BCUT2D eigenvalue weighted by Gasteiger charge is -2.44. The van der Waals surface area contributed by atoms with Gasteiger partial charge in [0, 0.05) is 29.7 Å². The number of fused-ring (bicyclic) bond motifs is 1. The molecule has 1 fully saturated rings. The fourth-order valence-corrected chi connectivity index (χ4v) is 6.41. The summed E-state index contributed by atoms with van der Waals surface area (Å²) < 4.78 is 0. The molecule has 9 heteroatoms. The van der Waals surface area contributed by atoms with Crippen LogP contribution in [0.5, 0.6) is 0 Å². The van der Waals surface area contributed by atoms with Crippen LogP contribution in [0.2, 0.25) is 0 Å². The molecule has 3 amide bonds. The number of carbonyl (C=O) groups excluding carboxylic acids is 2. The Kier molecular flexibility index (Phi) is 8.15. The van der Waals surface area contributed by atoms with Crippen LogP contribution in [0.25, 0.3) is 0 Å². The number of H-pyrrole nitrogens is 1. The van der Waals surface area contributed by atoms with Gasteiger partial charge in [-0.1, -0.05) is 60.7 Å². The van der Waals surface area contributed by atoms with Gasteiger partial charge in [0.2, 0.25) is 11.8 Å². The van der Waals surface area contributed by atoms with E-state index >= 15 is 0 Å². The first kappa shape index (κ1) is 28.4. The quantitative estimate of drug-likeness (QED) is 0.399. The molecule has 9 nitrogen and oxygen atoms in total. The van der Waals surface area contributed by atoms with E-state index in [0.29, 0.717) is 25.8 Å². The van der Waals surface area contributed by atoms with Gasteiger partial charge < -0.3 is 15.3 Å². The number of amides is 3. The van der Waals surface area contributed by atoms with Gasteiger partial charge in [-0.15, -0.1) is 0 Å². The molecule has 0 bridgehead atoms. The molecule has 3 N–H and O–H groups in total. The summed E-state index contributed by atoms with van der Waals surface area (Å²) in [5.41, 5.74) is 3.02. The van der Waals surface area contributed by atoms with Crippen molar-refractivity contribution in [3.05, 3.63) is 89.2 Å². The summed E-state index contributed by atoms with van der Waals surface area (Å²) >= 11 is 0. The van der Waals surface area contributed by atoms with Crippen LogP contribution in [0.3, 0.4) is 0 Å². The Bertz CT molecular complexity index is 1330. The average molecular weight is 558 g/mol. The number of aromatic nitrogens is 2. The fraction of sp³-hybridized carbons (Fsp3) is 0.438. The molecule has 3 aromatic rings. The predicted octanol–water partition coefficient (Wildman–Crippen LogP) is 4.35. The van der Waals surface area contributed by atoms with Gasteiger partial charge in [0.05, 0.1) is 6.20 Å². The van der Waals surface area contributed by atoms with E-state index in [1.165, 1.54) is 4.90 Å². The third-order valence-electron chi connectivity index (χ3n) is 8.29. The average Bonchev–Trinajstić information content (AvgIpc) is 3.62. The van der Waals surface area contributed by atoms with Crippen LogP contribution >= 0.6 is 0 Å². The van der Waals surface area contributed by atoms with Crippen molar-refractivity contribution in [1.29, 1.82) is 0 Å². The lowest BCUT2D eigenvalue weighted by Crippen LogP contribution is -2.61. The summed E-state index contributed by atoms with van der Waals surface area (Å²) in [5.74, 6) is -1.10. The third kappa shape index (κ3) is 5.99. The molecule has 2 aromatic carbocycles. The molecule has 1 aromatic heterocycles. The minimum absolute atomic E-state index is 0.0348. The summed E-state index contributed by atoms with van der Waals surface area (Å²) in [6, 6.07) is 17.4. The van der Waals surface area contributed by atoms with Crippen LogP contribution in [0.15, 0.2) is 66.9 Å². The number of hydrogen-bond acceptors (Lipinski definition) is 4. The zero-order valence-electron chi connectivity index (χ0n) is 23.9. The first-order valence-electron chi connectivity index (χ1n) is 14.4. The number of nitrogens with one attached hydrogen (secondary N) is 2. The molecule has 1 aliphatic heterocycles. The molecule has 1 saturated heterocycles. The smallest absolute Gasteiger partial charge is 0.408 e. The van der Waals surface area contributed by atoms with E-state index in [9.17, 15) is 19.5 Å². The van der Waals surface area contributed by atoms with Gasteiger partial charge in [-0.2, -0.15) is 5.10 Å². The van der Waals surface area contributed by atoms with E-state index in [1.807, 2.05) is 66.9 Å². The highest BCUT2D eigenvalue weighted by molar-refractivity contribution is 5.93. The van der Waals surface area contributed by atoms with Gasteiger partial charge in [-0.3, -0.25) is 19.6 Å². The zero-order chi connectivity index (χ0) is 29.1. The summed E-state index contributed by atoms with van der Waals surface area (Å²) in [6.07, 6.45) is 4.15. The summed E-state index contributed by atoms with van der Waals surface area (Å²) in [4.78, 5) is 44.1. The standard InChI is InChI=1S/C32H39N5O4/c1-32(2,3)37(31(40)41)28(27(21-11-6-4-7-12-21)22-13-8-5-9-14-22)30(39)36-18-10-15-26(36)29(38)34-24-16-17-25-23(19-24)20-33-35-25/h4-9,11-14,20,24,26-28H,10,15-19H2,1-3H3,(H,33,35)(H,34,38)(H,40,41)/t24?,26-,28-/m0/s1. The number of benzene rings is 2. The Morgan fingerprint density at radius 1 is 1.02 bits per heavy atom. The van der Waals surface area contributed by atoms with E-state index in [4.69, 9.17) is 0 Å². The second kappa shape index (κ2) is 11.8. The maximum atomic E-state index is 14.7. The molecule has 2 heterocycles. The van der Waals surface area contributed by atoms with Gasteiger partial charge in [0.1, 0.15) is 12.1 Å². The number of rotatable bonds is 7. The molecule has 3 atom stereocenters. The van der Waals surface area contributed by atoms with Crippen molar-refractivity contribution < 1.29 is 19.5 Å². The van der Waals surface area contributed by atoms with Gasteiger partial charge in [-0.25, -0.2) is 4.79 Å². The number of likely N-dealkylation sites (tertiary alicyclic amines) is 1. The molecule has 216 valence electrons. The van der Waals surface area contributed by atoms with Crippen LogP contribution < -0.4 is 5.32 Å². The lowest BCUT2D eigenvalue weighted by molar-refractivity contribution is -0.144. The largest absolute Gasteiger partial charge is 0.465 e. The Labute approximate surface area is 240 Å². The molecular weight excluding hydrogens is 518 g/mol. The third-order valence-corrected chi connectivity index (χ3v) is 8.29. The van der Waals surface area contributed by atoms with Crippen LogP contribution in [0.1, 0.15) is 68.3 Å². The van der Waals surface area contributed by atoms with Crippen LogP contribution in [0, 0.1) is 0 Å². The SMILES string of the molecule is CC(C)(C)N(C(=O)O)[C@H](C(=O)N1CCC[C@H]1C(=O)NC1CCc2[nH]ncc2C1)C(c1ccccc1)c1ccccc1. The Morgan fingerprint density at radius 3 is 2.24 bits per heavy atom. The van der Waals surface area contributed by atoms with E-state index in [-0.39, 0.29) is 17.9 Å². The number of hydrogen-bond donors (Lipinski definition) is 3. The minimum Gasteiger partial charge on any atom is -0.465 e. The van der Waals surface area contributed by atoms with Crippen molar-refractivity contribution in [3.8, 4) is 0 Å². The van der Waals surface area contributed by atoms with Gasteiger partial charge in [0.15, 0.2) is 0 Å². The highest BCUT2D eigenvalue weighted by Crippen LogP contribution is 2.37. The Morgan fingerprint density at radius 2 is 1.66 bits per heavy atom. The molecule has 41 heavy (non-hydrogen) atoms.